The van der Waals surface area contributed by atoms with Gasteiger partial charge in [0.25, 0.3) is 0 Å². The normalized spacial score (nSPS) is 9.55. The Morgan fingerprint density at radius 1 is 1.82 bits per heavy atom. The van der Waals surface area contributed by atoms with E-state index >= 15 is 0 Å². The van der Waals surface area contributed by atoms with E-state index in [9.17, 15) is 4.79 Å². The van der Waals surface area contributed by atoms with Gasteiger partial charge in [-0.1, -0.05) is 0 Å². The lowest BCUT2D eigenvalue weighted by Crippen LogP contribution is -2.04. The zero-order valence-corrected chi connectivity index (χ0v) is 6.16. The molecule has 2 N–H and O–H groups in total. The second kappa shape index (κ2) is 3.09. The molecule has 1 aromatic heterocycles. The summed E-state index contributed by atoms with van der Waals surface area (Å²) in [6.45, 7) is 0. The van der Waals surface area contributed by atoms with Crippen LogP contribution in [0.4, 0.5) is 5.69 Å². The summed E-state index contributed by atoms with van der Waals surface area (Å²) >= 11 is 0. The molecule has 4 heteroatoms. The minimum absolute atomic E-state index is 0.0926. The van der Waals surface area contributed by atoms with E-state index in [2.05, 4.69) is 4.74 Å². The number of nitrogen functional groups attached to an aromatic ring is 1. The molecular weight excluding hydrogens is 146 g/mol. The van der Waals surface area contributed by atoms with Gasteiger partial charge in [-0.3, -0.25) is 4.79 Å². The summed E-state index contributed by atoms with van der Waals surface area (Å²) < 4.78 is 9.33. The molecule has 1 aromatic rings. The highest BCUT2D eigenvalue weighted by Gasteiger charge is 2.08. The van der Waals surface area contributed by atoms with Crippen molar-refractivity contribution >= 4 is 11.7 Å². The highest BCUT2D eigenvalue weighted by atomic mass is 16.5. The number of hydrogen-bond acceptors (Lipinski definition) is 4. The van der Waals surface area contributed by atoms with Crippen LogP contribution < -0.4 is 5.73 Å². The fourth-order valence-corrected chi connectivity index (χ4v) is 0.697. The van der Waals surface area contributed by atoms with Crippen molar-refractivity contribution in [2.24, 2.45) is 0 Å². The van der Waals surface area contributed by atoms with Gasteiger partial charge in [0.2, 0.25) is 0 Å². The molecule has 60 valence electrons. The molecule has 0 radical (unpaired) electrons. The second-order valence-corrected chi connectivity index (χ2v) is 2.05. The Kier molecular flexibility index (Phi) is 2.15. The molecule has 0 atom stereocenters. The summed E-state index contributed by atoms with van der Waals surface area (Å²) in [6.07, 6.45) is 1.53. The van der Waals surface area contributed by atoms with Crippen molar-refractivity contribution in [1.29, 1.82) is 0 Å². The van der Waals surface area contributed by atoms with E-state index in [4.69, 9.17) is 10.2 Å². The molecular formula is C7H9NO3. The third kappa shape index (κ3) is 1.73. The highest BCUT2D eigenvalue weighted by Crippen LogP contribution is 2.12. The van der Waals surface area contributed by atoms with Crippen molar-refractivity contribution in [3.63, 3.8) is 0 Å². The zero-order chi connectivity index (χ0) is 8.27. The molecule has 0 bridgehead atoms. The maximum Gasteiger partial charge on any atom is 0.313 e. The Morgan fingerprint density at radius 3 is 3.00 bits per heavy atom. The fourth-order valence-electron chi connectivity index (χ4n) is 0.697. The van der Waals surface area contributed by atoms with Gasteiger partial charge >= 0.3 is 5.97 Å². The molecule has 0 saturated heterocycles. The number of ether oxygens (including phenoxy) is 1. The van der Waals surface area contributed by atoms with Crippen LogP contribution in [-0.4, -0.2) is 13.1 Å². The molecule has 0 unspecified atom stereocenters. The van der Waals surface area contributed by atoms with Crippen molar-refractivity contribution < 1.29 is 13.9 Å². The summed E-state index contributed by atoms with van der Waals surface area (Å²) in [5.74, 6) is 0.100. The first-order valence-electron chi connectivity index (χ1n) is 3.12. The predicted molar refractivity (Wildman–Crippen MR) is 38.8 cm³/mol. The molecule has 4 nitrogen and oxygen atoms in total. The van der Waals surface area contributed by atoms with Gasteiger partial charge in [-0.15, -0.1) is 0 Å². The summed E-state index contributed by atoms with van der Waals surface area (Å²) in [7, 11) is 1.32. The maximum absolute atomic E-state index is 10.7. The Bertz CT molecular complexity index is 254. The lowest BCUT2D eigenvalue weighted by atomic mass is 10.3. The van der Waals surface area contributed by atoms with Crippen molar-refractivity contribution in [2.75, 3.05) is 12.8 Å². The number of furan rings is 1. The van der Waals surface area contributed by atoms with Gasteiger partial charge in [0.1, 0.15) is 12.2 Å². The standard InChI is InChI=1S/C7H9NO3/c1-10-7(9)4-6-5(8)2-3-11-6/h2-3H,4,8H2,1H3. The van der Waals surface area contributed by atoms with E-state index < -0.39 is 0 Å². The van der Waals surface area contributed by atoms with Crippen LogP contribution in [-0.2, 0) is 16.0 Å². The van der Waals surface area contributed by atoms with E-state index in [-0.39, 0.29) is 12.4 Å². The van der Waals surface area contributed by atoms with Crippen LogP contribution in [0, 0.1) is 0 Å². The van der Waals surface area contributed by atoms with Crippen LogP contribution in [0.5, 0.6) is 0 Å². The Balaban J connectivity index is 2.64. The third-order valence-electron chi connectivity index (χ3n) is 1.31. The van der Waals surface area contributed by atoms with Crippen LogP contribution in [0.25, 0.3) is 0 Å². The lowest BCUT2D eigenvalue weighted by Gasteiger charge is -1.95. The minimum atomic E-state index is -0.355. The molecule has 0 aromatic carbocycles. The molecule has 0 aliphatic rings. The van der Waals surface area contributed by atoms with Crippen LogP contribution in [0.2, 0.25) is 0 Å². The molecule has 11 heavy (non-hydrogen) atoms. The van der Waals surface area contributed by atoms with Crippen LogP contribution in [0.15, 0.2) is 16.7 Å². The van der Waals surface area contributed by atoms with Gasteiger partial charge in [0.15, 0.2) is 0 Å². The number of carbonyl (C=O) groups excluding carboxylic acids is 1. The van der Waals surface area contributed by atoms with Crippen LogP contribution in [0.3, 0.4) is 0 Å². The average molecular weight is 155 g/mol. The van der Waals surface area contributed by atoms with Crippen LogP contribution in [0.1, 0.15) is 5.76 Å². The second-order valence-electron chi connectivity index (χ2n) is 2.05. The molecule has 0 aliphatic heterocycles. The first-order chi connectivity index (χ1) is 5.24. The number of esters is 1. The van der Waals surface area contributed by atoms with Gasteiger partial charge < -0.3 is 14.9 Å². The number of rotatable bonds is 2. The largest absolute Gasteiger partial charge is 0.469 e. The topological polar surface area (TPSA) is 65.5 Å². The first kappa shape index (κ1) is 7.65. The number of hydrogen-bond donors (Lipinski definition) is 1. The Hall–Kier alpha value is -1.45. The van der Waals surface area contributed by atoms with Gasteiger partial charge in [0.05, 0.1) is 19.1 Å². The molecule has 1 heterocycles. The monoisotopic (exact) mass is 155 g/mol. The van der Waals surface area contributed by atoms with Gasteiger partial charge in [0, 0.05) is 0 Å². The first-order valence-corrected chi connectivity index (χ1v) is 3.12. The maximum atomic E-state index is 10.7. The van der Waals surface area contributed by atoms with Crippen molar-refractivity contribution in [1.82, 2.24) is 0 Å². The molecule has 0 aliphatic carbocycles. The number of nitrogens with two attached hydrogens (primary N) is 1. The van der Waals surface area contributed by atoms with Crippen molar-refractivity contribution in [2.45, 2.75) is 6.42 Å². The lowest BCUT2D eigenvalue weighted by molar-refractivity contribution is -0.140. The SMILES string of the molecule is COC(=O)Cc1occc1N. The molecule has 0 amide bonds. The number of anilines is 1. The van der Waals surface area contributed by atoms with E-state index in [0.29, 0.717) is 11.4 Å². The zero-order valence-electron chi connectivity index (χ0n) is 6.16. The molecule has 1 rings (SSSR count). The van der Waals surface area contributed by atoms with Gasteiger partial charge in [-0.05, 0) is 6.07 Å². The quantitative estimate of drug-likeness (QED) is 0.634. The van der Waals surface area contributed by atoms with E-state index in [1.807, 2.05) is 0 Å². The van der Waals surface area contributed by atoms with Gasteiger partial charge in [-0.25, -0.2) is 0 Å². The summed E-state index contributed by atoms with van der Waals surface area (Å²) in [5.41, 5.74) is 5.92. The average Bonchev–Trinajstić information content (AvgIpc) is 2.37. The third-order valence-corrected chi connectivity index (χ3v) is 1.31. The highest BCUT2D eigenvalue weighted by molar-refractivity contribution is 5.73. The smallest absolute Gasteiger partial charge is 0.313 e. The molecule has 0 saturated carbocycles. The van der Waals surface area contributed by atoms with E-state index in [0.717, 1.165) is 0 Å². The van der Waals surface area contributed by atoms with Crippen LogP contribution >= 0.6 is 0 Å². The fraction of sp³-hybridized carbons (Fsp3) is 0.286. The van der Waals surface area contributed by atoms with Crippen molar-refractivity contribution in [3.05, 3.63) is 18.1 Å². The molecule has 0 fully saturated rings. The van der Waals surface area contributed by atoms with E-state index in [1.54, 1.807) is 6.07 Å². The minimum Gasteiger partial charge on any atom is -0.469 e. The summed E-state index contributed by atoms with van der Waals surface area (Å²) in [5, 5.41) is 0. The van der Waals surface area contributed by atoms with E-state index in [1.165, 1.54) is 13.4 Å². The summed E-state index contributed by atoms with van der Waals surface area (Å²) in [4.78, 5) is 10.7. The Labute approximate surface area is 63.9 Å². The Morgan fingerprint density at radius 2 is 2.55 bits per heavy atom. The molecule has 0 spiro atoms. The number of carbonyl (C=O) groups is 1. The number of methoxy groups -OCH3 is 1. The summed E-state index contributed by atoms with van der Waals surface area (Å²) in [6, 6.07) is 1.60. The van der Waals surface area contributed by atoms with Crippen molar-refractivity contribution in [3.8, 4) is 0 Å². The predicted octanol–water partition coefficient (Wildman–Crippen LogP) is 0.577. The van der Waals surface area contributed by atoms with Gasteiger partial charge in [-0.2, -0.15) is 0 Å².